The van der Waals surface area contributed by atoms with Gasteiger partial charge in [-0.05, 0) is 38.0 Å². The number of amides is 1. The number of carbonyl (C=O) groups excluding carboxylic acids is 1. The number of fused-ring (bicyclic) bond motifs is 2. The first-order valence-electron chi connectivity index (χ1n) is 5.79. The molecular formula is C11H18N2O3. The minimum absolute atomic E-state index is 0.213. The molecule has 5 heteroatoms. The lowest BCUT2D eigenvalue weighted by molar-refractivity contribution is -0.144. The second-order valence-electron chi connectivity index (χ2n) is 5.02. The van der Waals surface area contributed by atoms with Gasteiger partial charge in [-0.15, -0.1) is 0 Å². The average Bonchev–Trinajstić information content (AvgIpc) is 2.76. The van der Waals surface area contributed by atoms with E-state index < -0.39 is 17.9 Å². The first kappa shape index (κ1) is 11.4. The number of hydrogen-bond acceptors (Lipinski definition) is 3. The molecule has 0 heterocycles. The summed E-state index contributed by atoms with van der Waals surface area (Å²) in [5.74, 6) is -0.887. The summed E-state index contributed by atoms with van der Waals surface area (Å²) in [5, 5.41) is 12.0. The number of nitrogens with one attached hydrogen (secondary N) is 1. The largest absolute Gasteiger partial charge is 0.481 e. The van der Waals surface area contributed by atoms with E-state index in [-0.39, 0.29) is 17.9 Å². The van der Waals surface area contributed by atoms with Crippen LogP contribution in [0.2, 0.25) is 0 Å². The molecule has 2 fully saturated rings. The molecular weight excluding hydrogens is 208 g/mol. The smallest absolute Gasteiger partial charge is 0.308 e. The lowest BCUT2D eigenvalue weighted by Crippen LogP contribution is -2.51. The molecule has 90 valence electrons. The van der Waals surface area contributed by atoms with Crippen molar-refractivity contribution in [3.05, 3.63) is 0 Å². The van der Waals surface area contributed by atoms with Crippen LogP contribution in [0.1, 0.15) is 26.2 Å². The minimum Gasteiger partial charge on any atom is -0.481 e. The van der Waals surface area contributed by atoms with Crippen molar-refractivity contribution in [2.45, 2.75) is 38.3 Å². The van der Waals surface area contributed by atoms with Crippen molar-refractivity contribution in [1.29, 1.82) is 0 Å². The molecule has 0 aromatic rings. The van der Waals surface area contributed by atoms with E-state index in [1.54, 1.807) is 6.92 Å². The normalized spacial score (nSPS) is 38.4. The summed E-state index contributed by atoms with van der Waals surface area (Å²) in [6, 6.07) is -0.789. The molecule has 16 heavy (non-hydrogen) atoms. The molecule has 5 atom stereocenters. The van der Waals surface area contributed by atoms with E-state index >= 15 is 0 Å². The molecule has 5 nitrogen and oxygen atoms in total. The minimum atomic E-state index is -0.790. The molecule has 1 amide bonds. The molecule has 2 aliphatic rings. The fourth-order valence-corrected chi connectivity index (χ4v) is 3.15. The van der Waals surface area contributed by atoms with Crippen molar-refractivity contribution < 1.29 is 14.7 Å². The van der Waals surface area contributed by atoms with Gasteiger partial charge in [0.05, 0.1) is 12.0 Å². The maximum atomic E-state index is 11.5. The van der Waals surface area contributed by atoms with Gasteiger partial charge in [0.2, 0.25) is 5.91 Å². The first-order valence-corrected chi connectivity index (χ1v) is 5.79. The summed E-state index contributed by atoms with van der Waals surface area (Å²) in [7, 11) is 0. The number of hydrogen-bond donors (Lipinski definition) is 3. The van der Waals surface area contributed by atoms with Gasteiger partial charge in [0, 0.05) is 6.04 Å². The van der Waals surface area contributed by atoms with Gasteiger partial charge >= 0.3 is 5.97 Å². The zero-order chi connectivity index (χ0) is 11.9. The summed E-state index contributed by atoms with van der Waals surface area (Å²) in [6.07, 6.45) is 2.94. The van der Waals surface area contributed by atoms with Crippen molar-refractivity contribution >= 4 is 11.9 Å². The van der Waals surface area contributed by atoms with E-state index in [4.69, 9.17) is 5.73 Å². The molecule has 2 bridgehead atoms. The molecule has 0 aromatic carbocycles. The van der Waals surface area contributed by atoms with Crippen LogP contribution >= 0.6 is 0 Å². The number of carbonyl (C=O) groups is 2. The molecule has 0 radical (unpaired) electrons. The van der Waals surface area contributed by atoms with E-state index in [1.807, 2.05) is 0 Å². The second kappa shape index (κ2) is 4.05. The summed E-state index contributed by atoms with van der Waals surface area (Å²) in [6.45, 7) is 1.61. The predicted molar refractivity (Wildman–Crippen MR) is 57.5 cm³/mol. The highest BCUT2D eigenvalue weighted by Crippen LogP contribution is 2.48. The Morgan fingerprint density at radius 1 is 1.38 bits per heavy atom. The Hall–Kier alpha value is -1.10. The monoisotopic (exact) mass is 226 g/mol. The van der Waals surface area contributed by atoms with Crippen LogP contribution in [0.4, 0.5) is 0 Å². The number of nitrogens with two attached hydrogens (primary N) is 1. The van der Waals surface area contributed by atoms with Crippen LogP contribution in [0.3, 0.4) is 0 Å². The molecule has 0 spiro atoms. The standard InChI is InChI=1S/C11H18N2O3/c1-5(12)10(14)13-9-7-3-2-6(4-7)8(9)11(15)16/h5-9H,2-4,12H2,1H3,(H,13,14)(H,15,16)/t5-,6?,7?,8?,9?/m1/s1. The predicted octanol–water partition coefficient (Wildman–Crippen LogP) is -0.0509. The van der Waals surface area contributed by atoms with Gasteiger partial charge in [-0.1, -0.05) is 0 Å². The van der Waals surface area contributed by atoms with Crippen molar-refractivity contribution in [2.75, 3.05) is 0 Å². The maximum absolute atomic E-state index is 11.5. The van der Waals surface area contributed by atoms with Gasteiger partial charge in [0.25, 0.3) is 0 Å². The van der Waals surface area contributed by atoms with Crippen molar-refractivity contribution in [1.82, 2.24) is 5.32 Å². The summed E-state index contributed by atoms with van der Waals surface area (Å²) < 4.78 is 0. The van der Waals surface area contributed by atoms with E-state index in [9.17, 15) is 14.7 Å². The lowest BCUT2D eigenvalue weighted by atomic mass is 9.84. The maximum Gasteiger partial charge on any atom is 0.308 e. The number of carboxylic acids is 1. The molecule has 2 aliphatic carbocycles. The zero-order valence-electron chi connectivity index (χ0n) is 9.35. The van der Waals surface area contributed by atoms with Gasteiger partial charge < -0.3 is 16.2 Å². The highest BCUT2D eigenvalue weighted by Gasteiger charge is 2.51. The van der Waals surface area contributed by atoms with E-state index in [2.05, 4.69) is 5.32 Å². The Bertz CT molecular complexity index is 316. The topological polar surface area (TPSA) is 92.4 Å². The van der Waals surface area contributed by atoms with Gasteiger partial charge in [-0.3, -0.25) is 9.59 Å². The van der Waals surface area contributed by atoms with Crippen molar-refractivity contribution in [3.8, 4) is 0 Å². The Balaban J connectivity index is 2.07. The summed E-state index contributed by atoms with van der Waals surface area (Å²) >= 11 is 0. The Kier molecular flexibility index (Phi) is 2.88. The van der Waals surface area contributed by atoms with Crippen molar-refractivity contribution in [3.63, 3.8) is 0 Å². The number of carboxylic acid groups (broad SMARTS) is 1. The van der Waals surface area contributed by atoms with Crippen LogP contribution in [0.25, 0.3) is 0 Å². The van der Waals surface area contributed by atoms with Crippen LogP contribution in [0.5, 0.6) is 0 Å². The third-order valence-electron chi connectivity index (χ3n) is 3.92. The van der Waals surface area contributed by atoms with Crippen molar-refractivity contribution in [2.24, 2.45) is 23.5 Å². The molecule has 0 aliphatic heterocycles. The quantitative estimate of drug-likeness (QED) is 0.629. The zero-order valence-corrected chi connectivity index (χ0v) is 9.35. The number of aliphatic carboxylic acids is 1. The average molecular weight is 226 g/mol. The third-order valence-corrected chi connectivity index (χ3v) is 3.92. The van der Waals surface area contributed by atoms with Crippen LogP contribution in [0, 0.1) is 17.8 Å². The van der Waals surface area contributed by atoms with E-state index in [0.717, 1.165) is 19.3 Å². The number of rotatable bonds is 3. The Morgan fingerprint density at radius 2 is 2.00 bits per heavy atom. The van der Waals surface area contributed by atoms with Crippen LogP contribution in [0.15, 0.2) is 0 Å². The third kappa shape index (κ3) is 1.80. The van der Waals surface area contributed by atoms with Gasteiger partial charge in [-0.25, -0.2) is 0 Å². The van der Waals surface area contributed by atoms with Gasteiger partial charge in [0.15, 0.2) is 0 Å². The highest BCUT2D eigenvalue weighted by molar-refractivity contribution is 5.82. The van der Waals surface area contributed by atoms with Crippen LogP contribution in [-0.2, 0) is 9.59 Å². The molecule has 2 rings (SSSR count). The molecule has 0 saturated heterocycles. The Labute approximate surface area is 94.4 Å². The first-order chi connectivity index (χ1) is 7.50. The van der Waals surface area contributed by atoms with Gasteiger partial charge in [0.1, 0.15) is 0 Å². The van der Waals surface area contributed by atoms with E-state index in [1.165, 1.54) is 0 Å². The molecule has 4 N–H and O–H groups in total. The van der Waals surface area contributed by atoms with Crippen LogP contribution in [-0.4, -0.2) is 29.1 Å². The van der Waals surface area contributed by atoms with E-state index in [0.29, 0.717) is 5.92 Å². The summed E-state index contributed by atoms with van der Waals surface area (Å²) in [4.78, 5) is 22.7. The van der Waals surface area contributed by atoms with Gasteiger partial charge in [-0.2, -0.15) is 0 Å². The molecule has 0 aromatic heterocycles. The fourth-order valence-electron chi connectivity index (χ4n) is 3.15. The van der Waals surface area contributed by atoms with Crippen LogP contribution < -0.4 is 11.1 Å². The highest BCUT2D eigenvalue weighted by atomic mass is 16.4. The molecule has 2 saturated carbocycles. The fraction of sp³-hybridized carbons (Fsp3) is 0.818. The second-order valence-corrected chi connectivity index (χ2v) is 5.02. The Morgan fingerprint density at radius 3 is 2.56 bits per heavy atom. The molecule has 4 unspecified atom stereocenters. The lowest BCUT2D eigenvalue weighted by Gasteiger charge is -2.29. The summed E-state index contributed by atoms with van der Waals surface area (Å²) in [5.41, 5.74) is 5.47. The SMILES string of the molecule is C[C@@H](N)C(=O)NC1C2CCC(C2)C1C(=O)O.